The van der Waals surface area contributed by atoms with Gasteiger partial charge in [0.25, 0.3) is 0 Å². The van der Waals surface area contributed by atoms with Crippen molar-refractivity contribution in [3.8, 4) is 0 Å². The van der Waals surface area contributed by atoms with Crippen molar-refractivity contribution in [3.63, 3.8) is 0 Å². The maximum atomic E-state index is 11.2. The molecule has 0 spiro atoms. The molecule has 0 saturated heterocycles. The van der Waals surface area contributed by atoms with Crippen molar-refractivity contribution in [2.75, 3.05) is 13.7 Å². The number of Topliss-reactive ketones (excluding diaryl/α,β-unsaturated/α-hetero) is 1. The van der Waals surface area contributed by atoms with Crippen LogP contribution in [0.4, 0.5) is 0 Å². The molecule has 0 fully saturated rings. The van der Waals surface area contributed by atoms with Crippen molar-refractivity contribution in [2.45, 2.75) is 32.6 Å². The first-order valence-corrected chi connectivity index (χ1v) is 5.43. The van der Waals surface area contributed by atoms with Crippen LogP contribution < -0.4 is 0 Å². The number of allylic oxidation sites excluding steroid dienone is 1. The number of unbranched alkanes of at least 4 members (excludes halogenated alkanes) is 1. The molecule has 0 aliphatic carbocycles. The van der Waals surface area contributed by atoms with E-state index in [1.54, 1.807) is 6.08 Å². The van der Waals surface area contributed by atoms with Gasteiger partial charge in [0, 0.05) is 13.3 Å². The van der Waals surface area contributed by atoms with Crippen LogP contribution in [0.25, 0.3) is 0 Å². The molecule has 0 atom stereocenters. The quantitative estimate of drug-likeness (QED) is 0.278. The third kappa shape index (κ3) is 10.6. The molecule has 0 radical (unpaired) electrons. The second-order valence-electron chi connectivity index (χ2n) is 3.46. The maximum absolute atomic E-state index is 11.2. The van der Waals surface area contributed by atoms with E-state index in [0.29, 0.717) is 19.3 Å². The number of esters is 2. The van der Waals surface area contributed by atoms with Crippen molar-refractivity contribution < 1.29 is 23.9 Å². The van der Waals surface area contributed by atoms with Crippen LogP contribution >= 0.6 is 0 Å². The monoisotopic (exact) mass is 242 g/mol. The highest BCUT2D eigenvalue weighted by Gasteiger charge is 2.08. The van der Waals surface area contributed by atoms with Gasteiger partial charge in [-0.15, -0.1) is 0 Å². The first-order chi connectivity index (χ1) is 8.06. The van der Waals surface area contributed by atoms with Crippen LogP contribution in [-0.2, 0) is 23.9 Å². The van der Waals surface area contributed by atoms with Gasteiger partial charge in [0.2, 0.25) is 0 Å². The Morgan fingerprint density at radius 1 is 1.18 bits per heavy atom. The maximum Gasteiger partial charge on any atom is 0.313 e. The van der Waals surface area contributed by atoms with Gasteiger partial charge in [-0.05, 0) is 12.8 Å². The van der Waals surface area contributed by atoms with Gasteiger partial charge in [-0.3, -0.25) is 14.4 Å². The summed E-state index contributed by atoms with van der Waals surface area (Å²) in [4.78, 5) is 32.4. The zero-order valence-corrected chi connectivity index (χ0v) is 10.2. The van der Waals surface area contributed by atoms with E-state index >= 15 is 0 Å². The summed E-state index contributed by atoms with van der Waals surface area (Å²) in [5.41, 5.74) is 0. The first-order valence-electron chi connectivity index (χ1n) is 5.43. The Bertz CT molecular complexity index is 293. The third-order valence-electron chi connectivity index (χ3n) is 1.95. The molecule has 0 rings (SSSR count). The van der Waals surface area contributed by atoms with Gasteiger partial charge in [-0.25, -0.2) is 0 Å². The molecule has 0 aromatic carbocycles. The summed E-state index contributed by atoms with van der Waals surface area (Å²) >= 11 is 0. The van der Waals surface area contributed by atoms with Gasteiger partial charge >= 0.3 is 11.9 Å². The number of methoxy groups -OCH3 is 1. The van der Waals surface area contributed by atoms with Gasteiger partial charge in [-0.1, -0.05) is 12.2 Å². The minimum Gasteiger partial charge on any atom is -0.469 e. The smallest absolute Gasteiger partial charge is 0.313 e. The van der Waals surface area contributed by atoms with Crippen molar-refractivity contribution in [2.24, 2.45) is 0 Å². The number of ether oxygens (including phenoxy) is 2. The lowest BCUT2D eigenvalue weighted by Crippen LogP contribution is -2.08. The Morgan fingerprint density at radius 3 is 2.47 bits per heavy atom. The largest absolute Gasteiger partial charge is 0.469 e. The number of rotatable bonds is 8. The molecule has 0 saturated carbocycles. The summed E-state index contributed by atoms with van der Waals surface area (Å²) in [5.74, 6) is -0.937. The predicted octanol–water partition coefficient (Wildman–Crippen LogP) is 1.41. The summed E-state index contributed by atoms with van der Waals surface area (Å²) in [6.07, 6.45) is 5.15. The van der Waals surface area contributed by atoms with E-state index in [1.165, 1.54) is 14.0 Å². The zero-order chi connectivity index (χ0) is 13.1. The van der Waals surface area contributed by atoms with Gasteiger partial charge in [0.15, 0.2) is 0 Å². The molecule has 5 heteroatoms. The fourth-order valence-corrected chi connectivity index (χ4v) is 1.09. The molecule has 0 bridgehead atoms. The average molecular weight is 242 g/mol. The van der Waals surface area contributed by atoms with Crippen molar-refractivity contribution in [3.05, 3.63) is 12.2 Å². The van der Waals surface area contributed by atoms with Crippen LogP contribution in [0.15, 0.2) is 12.2 Å². The second-order valence-corrected chi connectivity index (χ2v) is 3.46. The van der Waals surface area contributed by atoms with Crippen LogP contribution in [0.3, 0.4) is 0 Å². The first kappa shape index (κ1) is 15.3. The van der Waals surface area contributed by atoms with Gasteiger partial charge in [0.1, 0.15) is 18.8 Å². The van der Waals surface area contributed by atoms with Crippen molar-refractivity contribution in [1.29, 1.82) is 0 Å². The highest BCUT2D eigenvalue weighted by atomic mass is 16.5. The molecule has 0 unspecified atom stereocenters. The van der Waals surface area contributed by atoms with Gasteiger partial charge in [0.05, 0.1) is 7.11 Å². The van der Waals surface area contributed by atoms with Crippen molar-refractivity contribution in [1.82, 2.24) is 0 Å². The molecule has 5 nitrogen and oxygen atoms in total. The average Bonchev–Trinajstić information content (AvgIpc) is 2.27. The summed E-state index contributed by atoms with van der Waals surface area (Å²) in [5, 5.41) is 0. The minimum atomic E-state index is -0.500. The summed E-state index contributed by atoms with van der Waals surface area (Å²) in [7, 11) is 1.26. The van der Waals surface area contributed by atoms with Crippen LogP contribution in [0, 0.1) is 0 Å². The van der Waals surface area contributed by atoms with E-state index in [4.69, 9.17) is 0 Å². The highest BCUT2D eigenvalue weighted by molar-refractivity contribution is 5.95. The highest BCUT2D eigenvalue weighted by Crippen LogP contribution is 2.01. The van der Waals surface area contributed by atoms with E-state index in [0.717, 1.165) is 0 Å². The molecule has 0 aliphatic heterocycles. The number of ketones is 1. The van der Waals surface area contributed by atoms with Crippen LogP contribution in [-0.4, -0.2) is 31.4 Å². The Hall–Kier alpha value is -1.65. The number of hydrogen-bond acceptors (Lipinski definition) is 5. The van der Waals surface area contributed by atoms with Gasteiger partial charge in [-0.2, -0.15) is 0 Å². The van der Waals surface area contributed by atoms with E-state index in [9.17, 15) is 14.4 Å². The Balaban J connectivity index is 3.47. The standard InChI is InChI=1S/C12H18O5/c1-10(13)17-8-6-4-3-5-7-11(14)9-12(15)16-2/h4,6H,3,5,7-9H2,1-2H3/b6-4+. The van der Waals surface area contributed by atoms with Crippen LogP contribution in [0.2, 0.25) is 0 Å². The zero-order valence-electron chi connectivity index (χ0n) is 10.2. The molecule has 0 N–H and O–H groups in total. The number of carbonyl (C=O) groups is 3. The molecular formula is C12H18O5. The SMILES string of the molecule is COC(=O)CC(=O)CCC/C=C/COC(C)=O. The Morgan fingerprint density at radius 2 is 1.88 bits per heavy atom. The predicted molar refractivity (Wildman–Crippen MR) is 61.3 cm³/mol. The van der Waals surface area contributed by atoms with E-state index in [2.05, 4.69) is 9.47 Å². The molecule has 0 aliphatic rings. The van der Waals surface area contributed by atoms with Crippen LogP contribution in [0.5, 0.6) is 0 Å². The Kier molecular flexibility index (Phi) is 8.64. The van der Waals surface area contributed by atoms with Gasteiger partial charge < -0.3 is 9.47 Å². The molecular weight excluding hydrogens is 224 g/mol. The van der Waals surface area contributed by atoms with E-state index < -0.39 is 5.97 Å². The topological polar surface area (TPSA) is 69.7 Å². The lowest BCUT2D eigenvalue weighted by atomic mass is 10.1. The number of hydrogen-bond donors (Lipinski definition) is 0. The Labute approximate surface area is 101 Å². The number of carbonyl (C=O) groups excluding carboxylic acids is 3. The summed E-state index contributed by atoms with van der Waals surface area (Å²) in [6.45, 7) is 1.60. The summed E-state index contributed by atoms with van der Waals surface area (Å²) < 4.78 is 9.06. The minimum absolute atomic E-state index is 0.120. The lowest BCUT2D eigenvalue weighted by Gasteiger charge is -1.98. The van der Waals surface area contributed by atoms with Crippen LogP contribution in [0.1, 0.15) is 32.6 Å². The normalized spacial score (nSPS) is 10.2. The molecule has 0 heterocycles. The lowest BCUT2D eigenvalue weighted by molar-refractivity contribution is -0.143. The third-order valence-corrected chi connectivity index (χ3v) is 1.95. The van der Waals surface area contributed by atoms with Crippen molar-refractivity contribution >= 4 is 17.7 Å². The molecule has 17 heavy (non-hydrogen) atoms. The molecule has 0 aromatic rings. The van der Waals surface area contributed by atoms with E-state index in [1.807, 2.05) is 6.08 Å². The van der Waals surface area contributed by atoms with E-state index in [-0.39, 0.29) is 24.8 Å². The molecule has 0 aromatic heterocycles. The fraction of sp³-hybridized carbons (Fsp3) is 0.583. The second kappa shape index (κ2) is 9.57. The molecule has 0 amide bonds. The molecule has 96 valence electrons. The summed E-state index contributed by atoms with van der Waals surface area (Å²) in [6, 6.07) is 0. The fourth-order valence-electron chi connectivity index (χ4n) is 1.09.